The summed E-state index contributed by atoms with van der Waals surface area (Å²) in [6, 6.07) is 13.2. The Morgan fingerprint density at radius 1 is 1.03 bits per heavy atom. The number of methoxy groups -OCH3 is 1. The van der Waals surface area contributed by atoms with Gasteiger partial charge in [0.05, 0.1) is 12.0 Å². The molecule has 0 unspecified atom stereocenters. The van der Waals surface area contributed by atoms with Gasteiger partial charge in [-0.05, 0) is 19.1 Å². The van der Waals surface area contributed by atoms with Crippen molar-refractivity contribution in [3.05, 3.63) is 70.2 Å². The van der Waals surface area contributed by atoms with Gasteiger partial charge in [-0.25, -0.2) is 14.4 Å². The molecule has 0 amide bonds. The summed E-state index contributed by atoms with van der Waals surface area (Å²) in [4.78, 5) is 24.1. The second-order valence-corrected chi connectivity index (χ2v) is 7.29. The van der Waals surface area contributed by atoms with E-state index in [2.05, 4.69) is 19.8 Å². The van der Waals surface area contributed by atoms with E-state index in [1.54, 1.807) is 18.2 Å². The zero-order valence-electron chi connectivity index (χ0n) is 17.3. The van der Waals surface area contributed by atoms with Crippen molar-refractivity contribution < 1.29 is 14.1 Å². The fourth-order valence-corrected chi connectivity index (χ4v) is 3.65. The molecule has 1 aliphatic heterocycles. The molecule has 1 aromatic heterocycles. The van der Waals surface area contributed by atoms with Crippen LogP contribution in [0.1, 0.15) is 5.69 Å². The van der Waals surface area contributed by atoms with Crippen molar-refractivity contribution in [2.24, 2.45) is 0 Å². The monoisotopic (exact) mass is 423 g/mol. The van der Waals surface area contributed by atoms with Crippen molar-refractivity contribution >= 4 is 17.2 Å². The fourth-order valence-electron chi connectivity index (χ4n) is 3.65. The highest BCUT2D eigenvalue weighted by Gasteiger charge is 2.21. The average Bonchev–Trinajstić information content (AvgIpc) is 2.79. The largest absolute Gasteiger partial charge is 0.494 e. The Labute approximate surface area is 179 Å². The highest BCUT2D eigenvalue weighted by atomic mass is 19.1. The Kier molecular flexibility index (Phi) is 5.66. The van der Waals surface area contributed by atoms with Gasteiger partial charge >= 0.3 is 0 Å². The summed E-state index contributed by atoms with van der Waals surface area (Å²) in [7, 11) is 1.45. The molecule has 0 saturated carbocycles. The SMILES string of the molecule is COc1ccc(N2CCN(c3cc(C)nc(-c4cccc([N+](=O)[O-])c4)n3)CC2)cc1F. The van der Waals surface area contributed by atoms with Crippen LogP contribution in [0.4, 0.5) is 21.6 Å². The second kappa shape index (κ2) is 8.55. The fraction of sp³-hybridized carbons (Fsp3) is 0.273. The van der Waals surface area contributed by atoms with Gasteiger partial charge in [0.2, 0.25) is 0 Å². The second-order valence-electron chi connectivity index (χ2n) is 7.29. The number of aryl methyl sites for hydroxylation is 1. The van der Waals surface area contributed by atoms with Gasteiger partial charge < -0.3 is 14.5 Å². The quantitative estimate of drug-likeness (QED) is 0.455. The summed E-state index contributed by atoms with van der Waals surface area (Å²) in [6.07, 6.45) is 0. The van der Waals surface area contributed by atoms with Gasteiger partial charge in [0.25, 0.3) is 5.69 Å². The van der Waals surface area contributed by atoms with Gasteiger partial charge in [-0.15, -0.1) is 0 Å². The number of ether oxygens (including phenoxy) is 1. The van der Waals surface area contributed by atoms with Crippen LogP contribution in [0.3, 0.4) is 0 Å². The van der Waals surface area contributed by atoms with Crippen molar-refractivity contribution in [1.29, 1.82) is 0 Å². The number of piperazine rings is 1. The molecule has 1 fully saturated rings. The molecule has 8 nitrogen and oxygen atoms in total. The molecule has 1 aliphatic rings. The predicted molar refractivity (Wildman–Crippen MR) is 116 cm³/mol. The summed E-state index contributed by atoms with van der Waals surface area (Å²) in [5.41, 5.74) is 2.20. The Morgan fingerprint density at radius 3 is 2.45 bits per heavy atom. The summed E-state index contributed by atoms with van der Waals surface area (Å²) in [5, 5.41) is 11.1. The molecule has 0 radical (unpaired) electrons. The molecular weight excluding hydrogens is 401 g/mol. The van der Waals surface area contributed by atoms with E-state index in [0.29, 0.717) is 37.6 Å². The molecule has 2 heterocycles. The van der Waals surface area contributed by atoms with Crippen molar-refractivity contribution in [2.45, 2.75) is 6.92 Å². The number of nitrogens with zero attached hydrogens (tertiary/aromatic N) is 5. The van der Waals surface area contributed by atoms with Gasteiger partial charge in [0, 0.05) is 67.4 Å². The number of rotatable bonds is 5. The lowest BCUT2D eigenvalue weighted by Gasteiger charge is -2.37. The third kappa shape index (κ3) is 4.40. The standard InChI is InChI=1S/C22H22FN5O3/c1-15-12-21(25-22(24-15)16-4-3-5-18(13-16)28(29)30)27-10-8-26(9-11-27)17-6-7-20(31-2)19(23)14-17/h3-7,12-14H,8-11H2,1-2H3. The van der Waals surface area contributed by atoms with E-state index >= 15 is 0 Å². The zero-order chi connectivity index (χ0) is 22.0. The van der Waals surface area contributed by atoms with Crippen molar-refractivity contribution in [2.75, 3.05) is 43.1 Å². The molecule has 0 N–H and O–H groups in total. The molecule has 0 aliphatic carbocycles. The first-order chi connectivity index (χ1) is 14.9. The van der Waals surface area contributed by atoms with Gasteiger partial charge in [0.15, 0.2) is 17.4 Å². The van der Waals surface area contributed by atoms with E-state index in [-0.39, 0.29) is 17.3 Å². The molecule has 160 valence electrons. The van der Waals surface area contributed by atoms with Crippen LogP contribution in [-0.2, 0) is 0 Å². The van der Waals surface area contributed by atoms with Gasteiger partial charge in [-0.2, -0.15) is 0 Å². The number of benzene rings is 2. The highest BCUT2D eigenvalue weighted by Crippen LogP contribution is 2.27. The van der Waals surface area contributed by atoms with Crippen LogP contribution < -0.4 is 14.5 Å². The first-order valence-corrected chi connectivity index (χ1v) is 9.88. The molecule has 0 bridgehead atoms. The molecule has 0 atom stereocenters. The Bertz CT molecular complexity index is 1120. The van der Waals surface area contributed by atoms with E-state index in [9.17, 15) is 14.5 Å². The number of nitro benzene ring substituents is 1. The maximum Gasteiger partial charge on any atom is 0.270 e. The topological polar surface area (TPSA) is 84.6 Å². The number of nitro groups is 1. The van der Waals surface area contributed by atoms with E-state index in [4.69, 9.17) is 4.74 Å². The molecular formula is C22H22FN5O3. The Hall–Kier alpha value is -3.75. The zero-order valence-corrected chi connectivity index (χ0v) is 17.3. The minimum atomic E-state index is -0.429. The number of halogens is 1. The first kappa shape index (κ1) is 20.5. The maximum absolute atomic E-state index is 14.1. The van der Waals surface area contributed by atoms with Gasteiger partial charge in [-0.3, -0.25) is 10.1 Å². The molecule has 4 rings (SSSR count). The van der Waals surface area contributed by atoms with Crippen LogP contribution in [0.15, 0.2) is 48.5 Å². The molecule has 3 aromatic rings. The smallest absolute Gasteiger partial charge is 0.270 e. The normalized spacial score (nSPS) is 13.9. The van der Waals surface area contributed by atoms with Crippen molar-refractivity contribution in [1.82, 2.24) is 9.97 Å². The summed E-state index contributed by atoms with van der Waals surface area (Å²) in [5.74, 6) is 1.08. The van der Waals surface area contributed by atoms with Crippen LogP contribution in [0, 0.1) is 22.9 Å². The van der Waals surface area contributed by atoms with E-state index < -0.39 is 4.92 Å². The van der Waals surface area contributed by atoms with Gasteiger partial charge in [0.1, 0.15) is 5.82 Å². The highest BCUT2D eigenvalue weighted by molar-refractivity contribution is 5.61. The maximum atomic E-state index is 14.1. The number of hydrogen-bond donors (Lipinski definition) is 0. The van der Waals surface area contributed by atoms with Crippen LogP contribution in [0.5, 0.6) is 5.75 Å². The third-order valence-corrected chi connectivity index (χ3v) is 5.26. The number of hydrogen-bond acceptors (Lipinski definition) is 7. The number of non-ortho nitro benzene ring substituents is 1. The minimum Gasteiger partial charge on any atom is -0.494 e. The van der Waals surface area contributed by atoms with Crippen LogP contribution in [0.25, 0.3) is 11.4 Å². The van der Waals surface area contributed by atoms with E-state index in [1.807, 2.05) is 19.1 Å². The Morgan fingerprint density at radius 2 is 1.77 bits per heavy atom. The number of anilines is 2. The molecule has 0 spiro atoms. The lowest BCUT2D eigenvalue weighted by molar-refractivity contribution is -0.384. The lowest BCUT2D eigenvalue weighted by Crippen LogP contribution is -2.47. The van der Waals surface area contributed by atoms with E-state index in [1.165, 1.54) is 25.3 Å². The molecule has 31 heavy (non-hydrogen) atoms. The van der Waals surface area contributed by atoms with Crippen molar-refractivity contribution in [3.8, 4) is 17.1 Å². The predicted octanol–water partition coefficient (Wildman–Crippen LogP) is 3.83. The molecule has 1 saturated heterocycles. The Balaban J connectivity index is 1.52. The summed E-state index contributed by atoms with van der Waals surface area (Å²) < 4.78 is 19.0. The molecule has 9 heteroatoms. The van der Waals surface area contributed by atoms with Crippen LogP contribution >= 0.6 is 0 Å². The minimum absolute atomic E-state index is 0.00416. The summed E-state index contributed by atoms with van der Waals surface area (Å²) in [6.45, 7) is 4.71. The van der Waals surface area contributed by atoms with Crippen LogP contribution in [0.2, 0.25) is 0 Å². The first-order valence-electron chi connectivity index (χ1n) is 9.88. The van der Waals surface area contributed by atoms with Crippen LogP contribution in [-0.4, -0.2) is 48.2 Å². The average molecular weight is 423 g/mol. The van der Waals surface area contributed by atoms with E-state index in [0.717, 1.165) is 17.2 Å². The third-order valence-electron chi connectivity index (χ3n) is 5.26. The van der Waals surface area contributed by atoms with Gasteiger partial charge in [-0.1, -0.05) is 12.1 Å². The summed E-state index contributed by atoms with van der Waals surface area (Å²) >= 11 is 0. The van der Waals surface area contributed by atoms with Crippen molar-refractivity contribution in [3.63, 3.8) is 0 Å². The molecule has 2 aromatic carbocycles. The lowest BCUT2D eigenvalue weighted by atomic mass is 10.2. The number of aromatic nitrogens is 2.